The highest BCUT2D eigenvalue weighted by Crippen LogP contribution is 2.21. The maximum absolute atomic E-state index is 12.0. The van der Waals surface area contributed by atoms with Gasteiger partial charge in [-0.25, -0.2) is 9.78 Å². The van der Waals surface area contributed by atoms with Gasteiger partial charge in [-0.1, -0.05) is 13.8 Å². The van der Waals surface area contributed by atoms with Crippen LogP contribution in [0.2, 0.25) is 0 Å². The summed E-state index contributed by atoms with van der Waals surface area (Å²) < 4.78 is 0. The molecule has 0 aliphatic heterocycles. The van der Waals surface area contributed by atoms with E-state index < -0.39 is 18.2 Å². The Hall–Kier alpha value is -1.47. The highest BCUT2D eigenvalue weighted by molar-refractivity contribution is 7.11. The second kappa shape index (κ2) is 7.51. The fourth-order valence-electron chi connectivity index (χ4n) is 1.77. The lowest BCUT2D eigenvalue weighted by Crippen LogP contribution is -2.50. The number of nitrogens with one attached hydrogen (secondary N) is 1. The summed E-state index contributed by atoms with van der Waals surface area (Å²) >= 11 is 1.57. The van der Waals surface area contributed by atoms with Gasteiger partial charge in [0.15, 0.2) is 5.78 Å². The second-order valence-corrected chi connectivity index (χ2v) is 6.60. The number of aliphatic hydroxyl groups is 1. The molecule has 1 rings (SSSR count). The minimum Gasteiger partial charge on any atom is -0.391 e. The monoisotopic (exact) mass is 313 g/mol. The Bertz CT molecular complexity index is 499. The number of hydrogen-bond donors (Lipinski definition) is 2. The predicted octanol–water partition coefficient (Wildman–Crippen LogP) is 1.75. The van der Waals surface area contributed by atoms with Crippen LogP contribution in [0.15, 0.2) is 6.20 Å². The largest absolute Gasteiger partial charge is 0.391 e. The van der Waals surface area contributed by atoms with E-state index in [2.05, 4.69) is 24.1 Å². The van der Waals surface area contributed by atoms with E-state index in [-0.39, 0.29) is 5.78 Å². The topological polar surface area (TPSA) is 82.5 Å². The zero-order valence-corrected chi connectivity index (χ0v) is 13.9. The normalized spacial score (nSPS) is 13.9. The average Bonchev–Trinajstić information content (AvgIpc) is 2.83. The Morgan fingerprint density at radius 1 is 1.43 bits per heavy atom. The third kappa shape index (κ3) is 5.09. The Morgan fingerprint density at radius 3 is 2.48 bits per heavy atom. The van der Waals surface area contributed by atoms with Crippen molar-refractivity contribution in [2.75, 3.05) is 7.05 Å². The standard InChI is InChI=1S/C14H23N3O3S/c1-8(2)13-15-6-11(21-13)7-17(5)14(20)16-12(9(3)18)10(4)19/h6,8-9,12,18H,7H2,1-5H3,(H,16,20). The number of rotatable bonds is 6. The minimum absolute atomic E-state index is 0.272. The predicted molar refractivity (Wildman–Crippen MR) is 82.4 cm³/mol. The van der Waals surface area contributed by atoms with Crippen LogP contribution >= 0.6 is 11.3 Å². The van der Waals surface area contributed by atoms with E-state index in [4.69, 9.17) is 0 Å². The van der Waals surface area contributed by atoms with Crippen LogP contribution in [0.1, 0.15) is 43.5 Å². The zero-order chi connectivity index (χ0) is 16.2. The molecule has 0 aliphatic rings. The van der Waals surface area contributed by atoms with Crippen LogP contribution in [0.25, 0.3) is 0 Å². The molecule has 0 bridgehead atoms. The molecule has 1 heterocycles. The Labute approximate surface area is 129 Å². The van der Waals surface area contributed by atoms with Crippen molar-refractivity contribution in [2.24, 2.45) is 0 Å². The van der Waals surface area contributed by atoms with Crippen LogP contribution in [0.5, 0.6) is 0 Å². The molecule has 7 heteroatoms. The third-order valence-corrected chi connectivity index (χ3v) is 4.29. The molecular weight excluding hydrogens is 290 g/mol. The van der Waals surface area contributed by atoms with Crippen molar-refractivity contribution in [1.29, 1.82) is 0 Å². The van der Waals surface area contributed by atoms with Crippen molar-refractivity contribution in [1.82, 2.24) is 15.2 Å². The van der Waals surface area contributed by atoms with Crippen molar-refractivity contribution < 1.29 is 14.7 Å². The highest BCUT2D eigenvalue weighted by Gasteiger charge is 2.23. The second-order valence-electron chi connectivity index (χ2n) is 5.45. The van der Waals surface area contributed by atoms with E-state index in [1.165, 1.54) is 18.7 Å². The van der Waals surface area contributed by atoms with Crippen LogP contribution in [0.4, 0.5) is 4.79 Å². The van der Waals surface area contributed by atoms with E-state index >= 15 is 0 Å². The summed E-state index contributed by atoms with van der Waals surface area (Å²) in [6.45, 7) is 7.37. The van der Waals surface area contributed by atoms with Crippen LogP contribution in [-0.2, 0) is 11.3 Å². The van der Waals surface area contributed by atoms with Gasteiger partial charge in [-0.3, -0.25) is 4.79 Å². The minimum atomic E-state index is -0.921. The number of amides is 2. The van der Waals surface area contributed by atoms with Gasteiger partial charge in [0.05, 0.1) is 17.7 Å². The smallest absolute Gasteiger partial charge is 0.318 e. The first kappa shape index (κ1) is 17.6. The molecule has 2 amide bonds. The van der Waals surface area contributed by atoms with E-state index in [1.54, 1.807) is 24.6 Å². The molecule has 2 unspecified atom stereocenters. The molecule has 0 spiro atoms. The highest BCUT2D eigenvalue weighted by atomic mass is 32.1. The van der Waals surface area contributed by atoms with Crippen molar-refractivity contribution in [3.63, 3.8) is 0 Å². The van der Waals surface area contributed by atoms with Crippen molar-refractivity contribution >= 4 is 23.2 Å². The SMILES string of the molecule is CC(=O)C(NC(=O)N(C)Cc1cnc(C(C)C)s1)C(C)O. The lowest BCUT2D eigenvalue weighted by atomic mass is 10.1. The van der Waals surface area contributed by atoms with E-state index in [0.717, 1.165) is 9.88 Å². The molecule has 0 fully saturated rings. The molecular formula is C14H23N3O3S. The molecule has 0 saturated heterocycles. The van der Waals surface area contributed by atoms with Crippen LogP contribution in [-0.4, -0.2) is 46.0 Å². The quantitative estimate of drug-likeness (QED) is 0.838. The number of carbonyl (C=O) groups excluding carboxylic acids is 2. The summed E-state index contributed by atoms with van der Waals surface area (Å²) in [6, 6.07) is -1.27. The number of aromatic nitrogens is 1. The molecule has 1 aromatic rings. The third-order valence-electron chi connectivity index (χ3n) is 3.00. The van der Waals surface area contributed by atoms with Crippen LogP contribution in [0.3, 0.4) is 0 Å². The Morgan fingerprint density at radius 2 is 2.05 bits per heavy atom. The van der Waals surface area contributed by atoms with Gasteiger partial charge >= 0.3 is 6.03 Å². The first-order chi connectivity index (χ1) is 9.72. The van der Waals surface area contributed by atoms with Gasteiger partial charge in [-0.05, 0) is 13.8 Å². The number of aliphatic hydroxyl groups excluding tert-OH is 1. The van der Waals surface area contributed by atoms with Crippen LogP contribution < -0.4 is 5.32 Å². The van der Waals surface area contributed by atoms with Crippen LogP contribution in [0, 0.1) is 0 Å². The van der Waals surface area contributed by atoms with E-state index in [0.29, 0.717) is 12.5 Å². The average molecular weight is 313 g/mol. The van der Waals surface area contributed by atoms with Gasteiger partial charge in [0, 0.05) is 24.0 Å². The Kier molecular flexibility index (Phi) is 6.29. The summed E-state index contributed by atoms with van der Waals surface area (Å²) in [5.41, 5.74) is 0. The molecule has 2 atom stereocenters. The number of hydrogen-bond acceptors (Lipinski definition) is 5. The Balaban J connectivity index is 2.63. The fraction of sp³-hybridized carbons (Fsp3) is 0.643. The summed E-state index contributed by atoms with van der Waals surface area (Å²) in [4.78, 5) is 30.2. The summed E-state index contributed by atoms with van der Waals surface area (Å²) in [5.74, 6) is 0.0897. The first-order valence-corrected chi connectivity index (χ1v) is 7.68. The molecule has 2 N–H and O–H groups in total. The van der Waals surface area contributed by atoms with Gasteiger partial charge in [0.1, 0.15) is 6.04 Å². The van der Waals surface area contributed by atoms with Gasteiger partial charge < -0.3 is 15.3 Å². The summed E-state index contributed by atoms with van der Waals surface area (Å²) in [5, 5.41) is 13.1. The first-order valence-electron chi connectivity index (χ1n) is 6.87. The van der Waals surface area contributed by atoms with Gasteiger partial charge in [0.25, 0.3) is 0 Å². The lowest BCUT2D eigenvalue weighted by molar-refractivity contribution is -0.121. The molecule has 6 nitrogen and oxygen atoms in total. The fourth-order valence-corrected chi connectivity index (χ4v) is 2.75. The van der Waals surface area contributed by atoms with Gasteiger partial charge in [-0.2, -0.15) is 0 Å². The molecule has 0 aromatic carbocycles. The number of ketones is 1. The number of Topliss-reactive ketones (excluding diaryl/α,β-unsaturated/α-hetero) is 1. The van der Waals surface area contributed by atoms with Crippen molar-refractivity contribution in [3.8, 4) is 0 Å². The molecule has 0 saturated carbocycles. The molecule has 118 valence electrons. The number of thiazole rings is 1. The van der Waals surface area contributed by atoms with Gasteiger partial charge in [-0.15, -0.1) is 11.3 Å². The molecule has 21 heavy (non-hydrogen) atoms. The number of carbonyl (C=O) groups is 2. The van der Waals surface area contributed by atoms with E-state index in [9.17, 15) is 14.7 Å². The maximum Gasteiger partial charge on any atom is 0.318 e. The molecule has 0 radical (unpaired) electrons. The van der Waals surface area contributed by atoms with Gasteiger partial charge in [0.2, 0.25) is 0 Å². The lowest BCUT2D eigenvalue weighted by Gasteiger charge is -2.23. The summed E-state index contributed by atoms with van der Waals surface area (Å²) in [6.07, 6.45) is 0.844. The molecule has 1 aromatic heterocycles. The zero-order valence-electron chi connectivity index (χ0n) is 13.1. The molecule has 0 aliphatic carbocycles. The maximum atomic E-state index is 12.0. The number of urea groups is 1. The number of nitrogens with zero attached hydrogens (tertiary/aromatic N) is 2. The van der Waals surface area contributed by atoms with Crippen molar-refractivity contribution in [3.05, 3.63) is 16.1 Å². The van der Waals surface area contributed by atoms with Crippen molar-refractivity contribution in [2.45, 2.75) is 52.3 Å². The van der Waals surface area contributed by atoms with E-state index in [1.807, 2.05) is 0 Å². The summed E-state index contributed by atoms with van der Waals surface area (Å²) in [7, 11) is 1.64.